The fourth-order valence-electron chi connectivity index (χ4n) is 2.74. The Morgan fingerprint density at radius 2 is 1.96 bits per heavy atom. The van der Waals surface area contributed by atoms with Gasteiger partial charge in [-0.15, -0.1) is 0 Å². The molecular formula is C19H24N4O3. The van der Waals surface area contributed by atoms with Gasteiger partial charge in [0, 0.05) is 11.3 Å². The number of rotatable bonds is 7. The van der Waals surface area contributed by atoms with Crippen LogP contribution in [0.1, 0.15) is 32.5 Å². The third-order valence-electron chi connectivity index (χ3n) is 4.43. The third-order valence-corrected chi connectivity index (χ3v) is 4.43. The first-order valence-electron chi connectivity index (χ1n) is 8.87. The van der Waals surface area contributed by atoms with Crippen molar-refractivity contribution in [1.82, 2.24) is 15.3 Å². The normalized spacial score (nSPS) is 14.9. The Balaban J connectivity index is 1.88. The van der Waals surface area contributed by atoms with Gasteiger partial charge in [-0.1, -0.05) is 26.0 Å². The molecule has 0 saturated heterocycles. The van der Waals surface area contributed by atoms with Crippen molar-refractivity contribution in [3.05, 3.63) is 30.1 Å². The summed E-state index contributed by atoms with van der Waals surface area (Å²) in [4.78, 5) is 33.0. The molecule has 0 unspecified atom stereocenters. The van der Waals surface area contributed by atoms with Crippen molar-refractivity contribution < 1.29 is 14.3 Å². The molecule has 0 spiro atoms. The second-order valence-corrected chi connectivity index (χ2v) is 6.89. The first-order chi connectivity index (χ1) is 12.5. The SMILES string of the molecule is COC(=O)[C@@H](Nc1nc(CNC(=O)C2CC2)nc2ccccc12)C(C)C. The average Bonchev–Trinajstić information content (AvgIpc) is 3.48. The number of benzene rings is 1. The monoisotopic (exact) mass is 356 g/mol. The molecule has 2 aromatic rings. The Kier molecular flexibility index (Phi) is 5.35. The molecule has 1 heterocycles. The Labute approximate surface area is 152 Å². The van der Waals surface area contributed by atoms with Crippen LogP contribution in [0.15, 0.2) is 24.3 Å². The number of nitrogens with zero attached hydrogens (tertiary/aromatic N) is 2. The highest BCUT2D eigenvalue weighted by atomic mass is 16.5. The highest BCUT2D eigenvalue weighted by Crippen LogP contribution is 2.29. The highest BCUT2D eigenvalue weighted by molar-refractivity contribution is 5.91. The molecule has 3 rings (SSSR count). The average molecular weight is 356 g/mol. The van der Waals surface area contributed by atoms with E-state index in [1.54, 1.807) is 0 Å². The van der Waals surface area contributed by atoms with Crippen molar-refractivity contribution >= 4 is 28.6 Å². The van der Waals surface area contributed by atoms with Crippen LogP contribution >= 0.6 is 0 Å². The number of hydrogen-bond acceptors (Lipinski definition) is 6. The number of para-hydroxylation sites is 1. The molecule has 0 bridgehead atoms. The summed E-state index contributed by atoms with van der Waals surface area (Å²) in [6, 6.07) is 7.06. The van der Waals surface area contributed by atoms with E-state index in [1.807, 2.05) is 38.1 Å². The predicted octanol–water partition coefficient (Wildman–Crippen LogP) is 2.27. The summed E-state index contributed by atoms with van der Waals surface area (Å²) < 4.78 is 4.90. The number of hydrogen-bond donors (Lipinski definition) is 2. The molecule has 1 aromatic heterocycles. The van der Waals surface area contributed by atoms with E-state index in [0.29, 0.717) is 11.6 Å². The van der Waals surface area contributed by atoms with Gasteiger partial charge in [0.25, 0.3) is 0 Å². The summed E-state index contributed by atoms with van der Waals surface area (Å²) in [6.07, 6.45) is 1.90. The lowest BCUT2D eigenvalue weighted by atomic mass is 10.0. The van der Waals surface area contributed by atoms with Crippen molar-refractivity contribution in [2.45, 2.75) is 39.3 Å². The van der Waals surface area contributed by atoms with Crippen LogP contribution in [0, 0.1) is 11.8 Å². The summed E-state index contributed by atoms with van der Waals surface area (Å²) in [5.41, 5.74) is 0.757. The predicted molar refractivity (Wildman–Crippen MR) is 98.4 cm³/mol. The standard InChI is InChI=1S/C19H24N4O3/c1-11(2)16(19(25)26-3)23-17-13-6-4-5-7-14(13)21-15(22-17)10-20-18(24)12-8-9-12/h4-7,11-12,16H,8-10H2,1-3H3,(H,20,24)(H,21,22,23)/t16-/m0/s1. The van der Waals surface area contributed by atoms with Crippen molar-refractivity contribution in [3.63, 3.8) is 0 Å². The van der Waals surface area contributed by atoms with Crippen LogP contribution in [0.4, 0.5) is 5.82 Å². The van der Waals surface area contributed by atoms with E-state index in [4.69, 9.17) is 4.74 Å². The molecule has 7 nitrogen and oxygen atoms in total. The highest BCUT2D eigenvalue weighted by Gasteiger charge is 2.29. The van der Waals surface area contributed by atoms with Crippen molar-refractivity contribution in [3.8, 4) is 0 Å². The van der Waals surface area contributed by atoms with Crippen LogP contribution in [0.3, 0.4) is 0 Å². The van der Waals surface area contributed by atoms with E-state index < -0.39 is 6.04 Å². The molecule has 1 fully saturated rings. The summed E-state index contributed by atoms with van der Waals surface area (Å²) in [5, 5.41) is 6.90. The van der Waals surface area contributed by atoms with E-state index >= 15 is 0 Å². The Morgan fingerprint density at radius 3 is 2.62 bits per heavy atom. The van der Waals surface area contributed by atoms with Crippen LogP contribution in [0.5, 0.6) is 0 Å². The van der Waals surface area contributed by atoms with Crippen molar-refractivity contribution in [1.29, 1.82) is 0 Å². The molecule has 2 N–H and O–H groups in total. The number of amides is 1. The fraction of sp³-hybridized carbons (Fsp3) is 0.474. The van der Waals surface area contributed by atoms with Crippen molar-refractivity contribution in [2.24, 2.45) is 11.8 Å². The van der Waals surface area contributed by atoms with E-state index in [2.05, 4.69) is 20.6 Å². The van der Waals surface area contributed by atoms with Gasteiger partial charge in [0.15, 0.2) is 5.82 Å². The zero-order chi connectivity index (χ0) is 18.7. The van der Waals surface area contributed by atoms with Crippen LogP contribution < -0.4 is 10.6 Å². The smallest absolute Gasteiger partial charge is 0.328 e. The van der Waals surface area contributed by atoms with E-state index in [0.717, 1.165) is 23.7 Å². The number of fused-ring (bicyclic) bond motifs is 1. The van der Waals surface area contributed by atoms with Gasteiger partial charge in [0.2, 0.25) is 5.91 Å². The molecule has 1 aromatic carbocycles. The Morgan fingerprint density at radius 1 is 1.23 bits per heavy atom. The second-order valence-electron chi connectivity index (χ2n) is 6.89. The van der Waals surface area contributed by atoms with Crippen LogP contribution in [0.25, 0.3) is 10.9 Å². The van der Waals surface area contributed by atoms with E-state index in [9.17, 15) is 9.59 Å². The number of aromatic nitrogens is 2. The summed E-state index contributed by atoms with van der Waals surface area (Å²) in [5.74, 6) is 0.937. The van der Waals surface area contributed by atoms with Gasteiger partial charge in [0.05, 0.1) is 19.2 Å². The number of ether oxygens (including phenoxy) is 1. The number of nitrogens with one attached hydrogen (secondary N) is 2. The number of carbonyl (C=O) groups excluding carboxylic acids is 2. The summed E-state index contributed by atoms with van der Waals surface area (Å²) >= 11 is 0. The second kappa shape index (κ2) is 7.68. The zero-order valence-electron chi connectivity index (χ0n) is 15.3. The van der Waals surface area contributed by atoms with Gasteiger partial charge in [-0.2, -0.15) is 0 Å². The Hall–Kier alpha value is -2.70. The van der Waals surface area contributed by atoms with Gasteiger partial charge in [-0.05, 0) is 30.9 Å². The first kappa shape index (κ1) is 18.1. The molecule has 1 atom stereocenters. The zero-order valence-corrected chi connectivity index (χ0v) is 15.3. The topological polar surface area (TPSA) is 93.2 Å². The van der Waals surface area contributed by atoms with Crippen LogP contribution in [-0.4, -0.2) is 35.0 Å². The minimum absolute atomic E-state index is 0.0224. The quantitative estimate of drug-likeness (QED) is 0.739. The molecule has 1 saturated carbocycles. The molecule has 0 aliphatic heterocycles. The maximum Gasteiger partial charge on any atom is 0.328 e. The number of methoxy groups -OCH3 is 1. The summed E-state index contributed by atoms with van der Waals surface area (Å²) in [7, 11) is 1.37. The molecule has 1 aliphatic carbocycles. The largest absolute Gasteiger partial charge is 0.467 e. The summed E-state index contributed by atoms with van der Waals surface area (Å²) in [6.45, 7) is 4.14. The Bertz CT molecular complexity index is 818. The van der Waals surface area contributed by atoms with Crippen molar-refractivity contribution in [2.75, 3.05) is 12.4 Å². The lowest BCUT2D eigenvalue weighted by Gasteiger charge is -2.21. The molecule has 1 amide bonds. The molecule has 7 heteroatoms. The van der Waals surface area contributed by atoms with Crippen LogP contribution in [-0.2, 0) is 20.9 Å². The van der Waals surface area contributed by atoms with Gasteiger partial charge >= 0.3 is 5.97 Å². The number of esters is 1. The molecule has 138 valence electrons. The molecule has 26 heavy (non-hydrogen) atoms. The molecule has 0 radical (unpaired) electrons. The lowest BCUT2D eigenvalue weighted by Crippen LogP contribution is -2.36. The third kappa shape index (κ3) is 4.09. The van der Waals surface area contributed by atoms with Gasteiger partial charge in [0.1, 0.15) is 11.9 Å². The van der Waals surface area contributed by atoms with E-state index in [-0.39, 0.29) is 30.3 Å². The van der Waals surface area contributed by atoms with Gasteiger partial charge in [-0.25, -0.2) is 14.8 Å². The fourth-order valence-corrected chi connectivity index (χ4v) is 2.74. The number of carbonyl (C=O) groups is 2. The lowest BCUT2D eigenvalue weighted by molar-refractivity contribution is -0.142. The maximum absolute atomic E-state index is 12.1. The van der Waals surface area contributed by atoms with Gasteiger partial charge in [-0.3, -0.25) is 4.79 Å². The molecule has 1 aliphatic rings. The first-order valence-corrected chi connectivity index (χ1v) is 8.87. The number of anilines is 1. The van der Waals surface area contributed by atoms with Gasteiger partial charge < -0.3 is 15.4 Å². The van der Waals surface area contributed by atoms with Crippen LogP contribution in [0.2, 0.25) is 0 Å². The minimum Gasteiger partial charge on any atom is -0.467 e. The maximum atomic E-state index is 12.1. The minimum atomic E-state index is -0.521. The molecular weight excluding hydrogens is 332 g/mol. The van der Waals surface area contributed by atoms with E-state index in [1.165, 1.54) is 7.11 Å².